The number of nitrogens with zero attached hydrogens (tertiary/aromatic N) is 5. The molecule has 0 radical (unpaired) electrons. The van der Waals surface area contributed by atoms with Crippen LogP contribution in [0.5, 0.6) is 17.5 Å². The molecule has 0 aromatic carbocycles. The summed E-state index contributed by atoms with van der Waals surface area (Å²) >= 11 is 0. The summed E-state index contributed by atoms with van der Waals surface area (Å²) in [6, 6.07) is 7.54. The molecule has 0 aliphatic carbocycles. The topological polar surface area (TPSA) is 115 Å². The molecule has 3 aromatic rings. The number of aromatic nitrogens is 4. The number of methoxy groups -OCH3 is 1. The van der Waals surface area contributed by atoms with Crippen molar-refractivity contribution in [3.05, 3.63) is 48.0 Å². The van der Waals surface area contributed by atoms with E-state index < -0.39 is 0 Å². The molecule has 1 atom stereocenters. The largest absolute Gasteiger partial charge is 0.484 e. The van der Waals surface area contributed by atoms with Crippen LogP contribution in [0.2, 0.25) is 0 Å². The fourth-order valence-corrected chi connectivity index (χ4v) is 3.18. The molecule has 9 nitrogen and oxygen atoms in total. The Balaban J connectivity index is 1.50. The lowest BCUT2D eigenvalue weighted by atomic mass is 10.0. The molecule has 0 saturated heterocycles. The average molecular weight is 404 g/mol. The lowest BCUT2D eigenvalue weighted by Gasteiger charge is -2.22. The van der Waals surface area contributed by atoms with E-state index in [1.807, 2.05) is 12.1 Å². The first-order chi connectivity index (χ1) is 14.7. The molecule has 3 aromatic heterocycles. The van der Waals surface area contributed by atoms with Gasteiger partial charge in [0.05, 0.1) is 12.8 Å². The van der Waals surface area contributed by atoms with Gasteiger partial charge in [-0.2, -0.15) is 5.26 Å². The Morgan fingerprint density at radius 3 is 2.90 bits per heavy atom. The number of hydrogen-bond donors (Lipinski definition) is 1. The van der Waals surface area contributed by atoms with E-state index in [1.165, 1.54) is 13.4 Å². The van der Waals surface area contributed by atoms with E-state index in [0.717, 1.165) is 5.56 Å². The summed E-state index contributed by atoms with van der Waals surface area (Å²) in [5, 5.41) is 12.6. The highest BCUT2D eigenvalue weighted by Gasteiger charge is 2.20. The molecule has 0 unspecified atom stereocenters. The Kier molecular flexibility index (Phi) is 5.57. The van der Waals surface area contributed by atoms with E-state index in [2.05, 4.69) is 38.2 Å². The third-order valence-corrected chi connectivity index (χ3v) is 4.72. The second-order valence-electron chi connectivity index (χ2n) is 6.69. The third kappa shape index (κ3) is 3.93. The molecule has 30 heavy (non-hydrogen) atoms. The summed E-state index contributed by atoms with van der Waals surface area (Å²) in [4.78, 5) is 17.0. The van der Waals surface area contributed by atoms with Gasteiger partial charge in [-0.15, -0.1) is 0 Å². The number of pyridine rings is 2. The number of rotatable bonds is 6. The molecule has 0 fully saturated rings. The van der Waals surface area contributed by atoms with Gasteiger partial charge in [0, 0.05) is 42.0 Å². The molecule has 1 aliphatic rings. The fourth-order valence-electron chi connectivity index (χ4n) is 3.18. The smallest absolute Gasteiger partial charge is 0.257 e. The Bertz CT molecular complexity index is 1100. The van der Waals surface area contributed by atoms with Crippen LogP contribution in [-0.2, 0) is 0 Å². The molecule has 9 heteroatoms. The van der Waals surface area contributed by atoms with E-state index >= 15 is 0 Å². The number of anilines is 1. The predicted molar refractivity (Wildman–Crippen MR) is 109 cm³/mol. The van der Waals surface area contributed by atoms with Crippen molar-refractivity contribution in [3.63, 3.8) is 0 Å². The Morgan fingerprint density at radius 1 is 1.20 bits per heavy atom. The lowest BCUT2D eigenvalue weighted by Crippen LogP contribution is -2.19. The number of ether oxygens (including phenoxy) is 3. The van der Waals surface area contributed by atoms with Crippen molar-refractivity contribution in [3.8, 4) is 34.8 Å². The van der Waals surface area contributed by atoms with Crippen LogP contribution >= 0.6 is 0 Å². The highest BCUT2D eigenvalue weighted by atomic mass is 16.6. The standard InChI is InChI=1S/C21H20N6O3/c1-13(16-3-4-23-21-19(16)29-5-6-30-21)10-24-18-8-17(26-12-27-18)15-7-14(9-22)20(28-2)25-11-15/h3-4,7-8,11-13H,5-6,10H2,1-2H3,(H,24,26,27)/t13-/m1/s1. The van der Waals surface area contributed by atoms with Gasteiger partial charge in [-0.25, -0.2) is 19.9 Å². The highest BCUT2D eigenvalue weighted by molar-refractivity contribution is 5.64. The van der Waals surface area contributed by atoms with Crippen LogP contribution in [0.4, 0.5) is 5.82 Å². The number of nitrogens with one attached hydrogen (secondary N) is 1. The summed E-state index contributed by atoms with van der Waals surface area (Å²) in [5.41, 5.74) is 2.74. The summed E-state index contributed by atoms with van der Waals surface area (Å²) in [6.45, 7) is 3.74. The highest BCUT2D eigenvalue weighted by Crippen LogP contribution is 2.35. The molecule has 152 valence electrons. The molecule has 1 aliphatic heterocycles. The molecule has 1 N–H and O–H groups in total. The average Bonchev–Trinajstić information content (AvgIpc) is 2.81. The first-order valence-corrected chi connectivity index (χ1v) is 9.44. The van der Waals surface area contributed by atoms with Crippen LogP contribution in [0.15, 0.2) is 36.9 Å². The zero-order chi connectivity index (χ0) is 20.9. The Labute approximate surface area is 173 Å². The van der Waals surface area contributed by atoms with Gasteiger partial charge < -0.3 is 19.5 Å². The normalized spacial score (nSPS) is 13.2. The van der Waals surface area contributed by atoms with Crippen molar-refractivity contribution in [1.29, 1.82) is 5.26 Å². The van der Waals surface area contributed by atoms with Crippen molar-refractivity contribution in [1.82, 2.24) is 19.9 Å². The van der Waals surface area contributed by atoms with E-state index in [1.54, 1.807) is 18.5 Å². The number of fused-ring (bicyclic) bond motifs is 1. The molecular formula is C21H20N6O3. The Morgan fingerprint density at radius 2 is 2.07 bits per heavy atom. The minimum Gasteiger partial charge on any atom is -0.484 e. The quantitative estimate of drug-likeness (QED) is 0.662. The van der Waals surface area contributed by atoms with Crippen molar-refractivity contribution in [2.75, 3.05) is 32.2 Å². The molecule has 4 rings (SSSR count). The van der Waals surface area contributed by atoms with Gasteiger partial charge in [0.1, 0.15) is 37.0 Å². The second kappa shape index (κ2) is 8.61. The zero-order valence-electron chi connectivity index (χ0n) is 16.6. The second-order valence-corrected chi connectivity index (χ2v) is 6.69. The van der Waals surface area contributed by atoms with E-state index in [0.29, 0.717) is 54.0 Å². The maximum absolute atomic E-state index is 9.27. The monoisotopic (exact) mass is 404 g/mol. The maximum Gasteiger partial charge on any atom is 0.257 e. The molecule has 0 saturated carbocycles. The summed E-state index contributed by atoms with van der Waals surface area (Å²) in [5.74, 6) is 2.33. The van der Waals surface area contributed by atoms with Gasteiger partial charge in [0.15, 0.2) is 5.75 Å². The van der Waals surface area contributed by atoms with Gasteiger partial charge in [-0.05, 0) is 12.1 Å². The Hall–Kier alpha value is -3.93. The number of nitriles is 1. The molecule has 0 amide bonds. The predicted octanol–water partition coefficient (Wildman–Crippen LogP) is 2.80. The summed E-state index contributed by atoms with van der Waals surface area (Å²) < 4.78 is 16.4. The van der Waals surface area contributed by atoms with Crippen molar-refractivity contribution >= 4 is 5.82 Å². The zero-order valence-corrected chi connectivity index (χ0v) is 16.6. The SMILES string of the molecule is COc1ncc(-c2cc(NC[C@@H](C)c3ccnc4c3OCCO4)ncn2)cc1C#N. The molecular weight excluding hydrogens is 384 g/mol. The van der Waals surface area contributed by atoms with Gasteiger partial charge in [0.25, 0.3) is 5.88 Å². The van der Waals surface area contributed by atoms with Crippen molar-refractivity contribution in [2.45, 2.75) is 12.8 Å². The van der Waals surface area contributed by atoms with Crippen LogP contribution < -0.4 is 19.5 Å². The van der Waals surface area contributed by atoms with Gasteiger partial charge in [-0.1, -0.05) is 6.92 Å². The summed E-state index contributed by atoms with van der Waals surface area (Å²) in [6.07, 6.45) is 4.82. The molecule has 0 spiro atoms. The van der Waals surface area contributed by atoms with Gasteiger partial charge in [0.2, 0.25) is 5.88 Å². The maximum atomic E-state index is 9.27. The van der Waals surface area contributed by atoms with E-state index in [4.69, 9.17) is 14.2 Å². The minimum absolute atomic E-state index is 0.134. The van der Waals surface area contributed by atoms with Crippen molar-refractivity contribution < 1.29 is 14.2 Å². The lowest BCUT2D eigenvalue weighted by molar-refractivity contribution is 0.162. The minimum atomic E-state index is 0.134. The van der Waals surface area contributed by atoms with Crippen LogP contribution in [0, 0.1) is 11.3 Å². The van der Waals surface area contributed by atoms with Crippen LogP contribution in [0.3, 0.4) is 0 Å². The molecule has 0 bridgehead atoms. The third-order valence-electron chi connectivity index (χ3n) is 4.72. The van der Waals surface area contributed by atoms with Gasteiger partial charge >= 0.3 is 0 Å². The number of hydrogen-bond acceptors (Lipinski definition) is 9. The van der Waals surface area contributed by atoms with E-state index in [9.17, 15) is 5.26 Å². The van der Waals surface area contributed by atoms with Crippen molar-refractivity contribution in [2.24, 2.45) is 0 Å². The van der Waals surface area contributed by atoms with Gasteiger partial charge in [-0.3, -0.25) is 0 Å². The fraction of sp³-hybridized carbons (Fsp3) is 0.286. The van der Waals surface area contributed by atoms with Crippen LogP contribution in [-0.4, -0.2) is 46.8 Å². The molecule has 4 heterocycles. The first kappa shape index (κ1) is 19.4. The van der Waals surface area contributed by atoms with E-state index in [-0.39, 0.29) is 11.8 Å². The first-order valence-electron chi connectivity index (χ1n) is 9.44. The van der Waals surface area contributed by atoms with Crippen LogP contribution in [0.1, 0.15) is 24.0 Å². The van der Waals surface area contributed by atoms with Crippen LogP contribution in [0.25, 0.3) is 11.3 Å². The summed E-state index contributed by atoms with van der Waals surface area (Å²) in [7, 11) is 1.48.